The van der Waals surface area contributed by atoms with Gasteiger partial charge in [-0.05, 0) is 57.8 Å². The van der Waals surface area contributed by atoms with Gasteiger partial charge in [0.1, 0.15) is 31.0 Å². The van der Waals surface area contributed by atoms with Crippen molar-refractivity contribution in [3.05, 3.63) is 60.8 Å². The second-order valence-corrected chi connectivity index (χ2v) is 14.4. The van der Waals surface area contributed by atoms with E-state index in [-0.39, 0.29) is 26.1 Å². The van der Waals surface area contributed by atoms with E-state index in [2.05, 4.69) is 74.6 Å². The maximum absolute atomic E-state index is 12.7. The molecule has 0 saturated carbocycles. The summed E-state index contributed by atoms with van der Waals surface area (Å²) < 4.78 is 22.1. The third kappa shape index (κ3) is 27.6. The zero-order chi connectivity index (χ0) is 40.2. The number of hydrogen-bond acceptors (Lipinski definition) is 10. The molecule has 55 heavy (non-hydrogen) atoms. The molecule has 4 N–H and O–H groups in total. The average molecular weight is 777 g/mol. The van der Waals surface area contributed by atoms with E-state index in [1.807, 2.05) is 0 Å². The Morgan fingerprint density at radius 2 is 1.07 bits per heavy atom. The zero-order valence-corrected chi connectivity index (χ0v) is 34.2. The SMILES string of the molecule is CC/C=C/C/C=C/C/C=C/C/C=C/C/C=C/CCCCCC(=O)OC[C@@H](CO[C@H]1O[C@@H](CO)[C@@H](O)C(O)C1O)OC(=O)CCCCCCCCCCCCC. The van der Waals surface area contributed by atoms with Crippen LogP contribution in [0.3, 0.4) is 0 Å². The van der Waals surface area contributed by atoms with E-state index >= 15 is 0 Å². The first-order valence-corrected chi connectivity index (χ1v) is 21.4. The molecule has 0 aromatic carbocycles. The van der Waals surface area contributed by atoms with Gasteiger partial charge in [-0.25, -0.2) is 0 Å². The summed E-state index contributed by atoms with van der Waals surface area (Å²) in [5.74, 6) is -0.849. The minimum Gasteiger partial charge on any atom is -0.462 e. The molecule has 0 aliphatic carbocycles. The summed E-state index contributed by atoms with van der Waals surface area (Å²) in [6.45, 7) is 3.25. The first kappa shape index (κ1) is 50.4. The summed E-state index contributed by atoms with van der Waals surface area (Å²) in [5, 5.41) is 40.0. The van der Waals surface area contributed by atoms with E-state index in [0.717, 1.165) is 70.6 Å². The number of hydrogen-bond donors (Lipinski definition) is 4. The fourth-order valence-corrected chi connectivity index (χ4v) is 6.04. The summed E-state index contributed by atoms with van der Waals surface area (Å²) in [6, 6.07) is 0. The van der Waals surface area contributed by atoms with Gasteiger partial charge in [0.05, 0.1) is 13.2 Å². The van der Waals surface area contributed by atoms with Crippen LogP contribution in [0, 0.1) is 0 Å². The Morgan fingerprint density at radius 3 is 1.62 bits per heavy atom. The van der Waals surface area contributed by atoms with Crippen LogP contribution in [0.5, 0.6) is 0 Å². The Kier molecular flexibility index (Phi) is 32.8. The molecule has 0 aromatic heterocycles. The lowest BCUT2D eigenvalue weighted by atomic mass is 9.99. The van der Waals surface area contributed by atoms with Crippen LogP contribution in [0.15, 0.2) is 60.8 Å². The van der Waals surface area contributed by atoms with Crippen molar-refractivity contribution < 1.29 is 49.0 Å². The first-order valence-electron chi connectivity index (χ1n) is 21.4. The summed E-state index contributed by atoms with van der Waals surface area (Å²) in [5.41, 5.74) is 0. The van der Waals surface area contributed by atoms with Crippen molar-refractivity contribution in [3.63, 3.8) is 0 Å². The fraction of sp³-hybridized carbons (Fsp3) is 0.733. The third-order valence-corrected chi connectivity index (χ3v) is 9.42. The van der Waals surface area contributed by atoms with Crippen LogP contribution in [-0.4, -0.2) is 89.0 Å². The van der Waals surface area contributed by atoms with Crippen LogP contribution in [-0.2, 0) is 28.5 Å². The van der Waals surface area contributed by atoms with E-state index in [0.29, 0.717) is 12.8 Å². The van der Waals surface area contributed by atoms with E-state index in [9.17, 15) is 30.0 Å². The molecular formula is C45H76O10. The molecule has 1 saturated heterocycles. The molecule has 0 bridgehead atoms. The molecule has 10 nitrogen and oxygen atoms in total. The minimum atomic E-state index is -1.60. The molecule has 0 spiro atoms. The van der Waals surface area contributed by atoms with Gasteiger partial charge in [-0.15, -0.1) is 0 Å². The van der Waals surface area contributed by atoms with E-state index in [4.69, 9.17) is 18.9 Å². The fourth-order valence-electron chi connectivity index (χ4n) is 6.04. The number of aliphatic hydroxyl groups is 4. The monoisotopic (exact) mass is 777 g/mol. The summed E-state index contributed by atoms with van der Waals surface area (Å²) in [7, 11) is 0. The van der Waals surface area contributed by atoms with Crippen molar-refractivity contribution in [1.82, 2.24) is 0 Å². The number of rotatable bonds is 34. The highest BCUT2D eigenvalue weighted by atomic mass is 16.7. The Labute approximate surface area is 332 Å². The van der Waals surface area contributed by atoms with Gasteiger partial charge in [-0.2, -0.15) is 0 Å². The standard InChI is InChI=1S/C45H76O10/c1-3-5-7-9-11-13-15-16-17-18-19-20-21-22-24-25-27-29-31-33-40(47)52-36-38(37-53-45-44(51)43(50)42(49)39(35-46)55-45)54-41(48)34-32-30-28-26-23-14-12-10-8-6-4-2/h5,7,11,13,16-17,19-20,22,24,38-39,42-46,49-51H,3-4,6,8-10,12,14-15,18,21,23,25-37H2,1-2H3/b7-5+,13-11+,17-16+,20-19+,24-22+/t38-,39-,42+,43?,44?,45-/m0/s1. The quantitative estimate of drug-likeness (QED) is 0.0284. The molecule has 6 atom stereocenters. The highest BCUT2D eigenvalue weighted by molar-refractivity contribution is 5.70. The van der Waals surface area contributed by atoms with Crippen LogP contribution in [0.1, 0.15) is 155 Å². The van der Waals surface area contributed by atoms with Crippen molar-refractivity contribution >= 4 is 11.9 Å². The number of carbonyl (C=O) groups excluding carboxylic acids is 2. The van der Waals surface area contributed by atoms with Crippen molar-refractivity contribution in [3.8, 4) is 0 Å². The Balaban J connectivity index is 2.36. The molecule has 1 rings (SSSR count). The Bertz CT molecular complexity index is 1080. The molecule has 1 aliphatic heterocycles. The van der Waals surface area contributed by atoms with Gasteiger partial charge in [-0.3, -0.25) is 9.59 Å². The molecule has 2 unspecified atom stereocenters. The predicted molar refractivity (Wildman–Crippen MR) is 219 cm³/mol. The largest absolute Gasteiger partial charge is 0.462 e. The van der Waals surface area contributed by atoms with E-state index in [1.54, 1.807) is 0 Å². The average Bonchev–Trinajstić information content (AvgIpc) is 3.18. The van der Waals surface area contributed by atoms with Gasteiger partial charge in [0.15, 0.2) is 12.4 Å². The second-order valence-electron chi connectivity index (χ2n) is 14.4. The predicted octanol–water partition coefficient (Wildman–Crippen LogP) is 8.66. The van der Waals surface area contributed by atoms with Crippen molar-refractivity contribution in [2.45, 2.75) is 192 Å². The Hall–Kier alpha value is -2.60. The normalized spacial score (nSPS) is 21.2. The van der Waals surface area contributed by atoms with Crippen molar-refractivity contribution in [2.75, 3.05) is 19.8 Å². The lowest BCUT2D eigenvalue weighted by molar-refractivity contribution is -0.305. The van der Waals surface area contributed by atoms with Crippen LogP contribution < -0.4 is 0 Å². The smallest absolute Gasteiger partial charge is 0.306 e. The summed E-state index contributed by atoms with van der Waals surface area (Å²) in [4.78, 5) is 25.2. The maximum atomic E-state index is 12.7. The number of unbranched alkanes of at least 4 members (excludes halogenated alkanes) is 13. The van der Waals surface area contributed by atoms with Crippen LogP contribution in [0.4, 0.5) is 0 Å². The van der Waals surface area contributed by atoms with Gasteiger partial charge < -0.3 is 39.4 Å². The minimum absolute atomic E-state index is 0.222. The number of esters is 2. The molecule has 1 heterocycles. The lowest BCUT2D eigenvalue weighted by Crippen LogP contribution is -2.59. The van der Waals surface area contributed by atoms with Gasteiger partial charge in [0.2, 0.25) is 0 Å². The molecule has 10 heteroatoms. The number of carbonyl (C=O) groups is 2. The second kappa shape index (κ2) is 35.8. The highest BCUT2D eigenvalue weighted by Gasteiger charge is 2.44. The molecule has 1 aliphatic rings. The van der Waals surface area contributed by atoms with E-state index in [1.165, 1.54) is 44.9 Å². The molecular weight excluding hydrogens is 700 g/mol. The molecule has 1 fully saturated rings. The molecule has 0 amide bonds. The Morgan fingerprint density at radius 1 is 0.582 bits per heavy atom. The number of allylic oxidation sites excluding steroid dienone is 10. The molecule has 0 aromatic rings. The number of aliphatic hydroxyl groups excluding tert-OH is 4. The van der Waals surface area contributed by atoms with Crippen molar-refractivity contribution in [2.24, 2.45) is 0 Å². The van der Waals surface area contributed by atoms with Crippen LogP contribution in [0.2, 0.25) is 0 Å². The summed E-state index contributed by atoms with van der Waals surface area (Å²) in [6.07, 6.45) is 35.1. The topological polar surface area (TPSA) is 152 Å². The number of ether oxygens (including phenoxy) is 4. The van der Waals surface area contributed by atoms with E-state index < -0.39 is 55.4 Å². The molecule has 0 radical (unpaired) electrons. The van der Waals surface area contributed by atoms with Gasteiger partial charge in [-0.1, -0.05) is 145 Å². The third-order valence-electron chi connectivity index (χ3n) is 9.42. The van der Waals surface area contributed by atoms with Gasteiger partial charge >= 0.3 is 11.9 Å². The van der Waals surface area contributed by atoms with Gasteiger partial charge in [0.25, 0.3) is 0 Å². The maximum Gasteiger partial charge on any atom is 0.306 e. The zero-order valence-electron chi connectivity index (χ0n) is 34.2. The summed E-state index contributed by atoms with van der Waals surface area (Å²) >= 11 is 0. The van der Waals surface area contributed by atoms with Crippen molar-refractivity contribution in [1.29, 1.82) is 0 Å². The molecule has 316 valence electrons. The van der Waals surface area contributed by atoms with Crippen LogP contribution >= 0.6 is 0 Å². The lowest BCUT2D eigenvalue weighted by Gasteiger charge is -2.39. The van der Waals surface area contributed by atoms with Gasteiger partial charge in [0, 0.05) is 12.8 Å². The van der Waals surface area contributed by atoms with Crippen LogP contribution in [0.25, 0.3) is 0 Å². The first-order chi connectivity index (χ1) is 26.8. The highest BCUT2D eigenvalue weighted by Crippen LogP contribution is 2.22.